The third-order valence-corrected chi connectivity index (χ3v) is 11.1. The molecule has 53 heavy (non-hydrogen) atoms. The fourth-order valence-corrected chi connectivity index (χ4v) is 9.06. The van der Waals surface area contributed by atoms with Crippen molar-refractivity contribution in [2.75, 3.05) is 0 Å². The Morgan fingerprint density at radius 2 is 1.23 bits per heavy atom. The number of fused-ring (bicyclic) bond motifs is 6. The van der Waals surface area contributed by atoms with Gasteiger partial charge in [-0.25, -0.2) is 4.98 Å². The van der Waals surface area contributed by atoms with Gasteiger partial charge in [0.15, 0.2) is 0 Å². The predicted molar refractivity (Wildman–Crippen MR) is 208 cm³/mol. The number of hydrogen-bond acceptors (Lipinski definition) is 4. The van der Waals surface area contributed by atoms with Crippen LogP contribution in [0.4, 0.5) is 0 Å². The van der Waals surface area contributed by atoms with Crippen LogP contribution >= 0.6 is 11.8 Å². The van der Waals surface area contributed by atoms with E-state index >= 15 is 0 Å². The van der Waals surface area contributed by atoms with Gasteiger partial charge in [-0.3, -0.25) is 0 Å². The van der Waals surface area contributed by atoms with E-state index in [4.69, 9.17) is 9.72 Å². The first-order chi connectivity index (χ1) is 25.8. The number of aromatic nitrogens is 3. The molecule has 10 rings (SSSR count). The van der Waals surface area contributed by atoms with Gasteiger partial charge in [-0.15, -0.1) is 41.3 Å². The average Bonchev–Trinajstić information content (AvgIpc) is 3.55. The van der Waals surface area contributed by atoms with Crippen molar-refractivity contribution >= 4 is 33.6 Å². The molecular formula is C47H29N3OPdS. The molecule has 6 heteroatoms. The van der Waals surface area contributed by atoms with Gasteiger partial charge in [0.05, 0.1) is 10.9 Å². The minimum absolute atomic E-state index is 0. The van der Waals surface area contributed by atoms with Crippen molar-refractivity contribution in [2.45, 2.75) is 15.2 Å². The molecule has 0 N–H and O–H groups in total. The van der Waals surface area contributed by atoms with Crippen molar-refractivity contribution in [3.05, 3.63) is 211 Å². The van der Waals surface area contributed by atoms with E-state index in [9.17, 15) is 0 Å². The summed E-state index contributed by atoms with van der Waals surface area (Å²) in [5.41, 5.74) is 8.10. The van der Waals surface area contributed by atoms with Crippen molar-refractivity contribution in [1.82, 2.24) is 14.5 Å². The topological polar surface area (TPSA) is 39.9 Å². The first kappa shape index (κ1) is 33.1. The Balaban J connectivity index is 0.00000372. The fourth-order valence-electron chi connectivity index (χ4n) is 7.74. The zero-order valence-electron chi connectivity index (χ0n) is 28.2. The number of rotatable bonds is 6. The molecule has 0 radical (unpaired) electrons. The largest absolute Gasteiger partial charge is 2.00 e. The smallest absolute Gasteiger partial charge is 0.503 e. The van der Waals surface area contributed by atoms with Crippen molar-refractivity contribution in [3.8, 4) is 28.6 Å². The molecule has 254 valence electrons. The molecule has 6 aromatic carbocycles. The molecular weight excluding hydrogens is 761 g/mol. The van der Waals surface area contributed by atoms with Gasteiger partial charge >= 0.3 is 20.4 Å². The van der Waals surface area contributed by atoms with Crippen LogP contribution in [-0.4, -0.2) is 14.5 Å². The van der Waals surface area contributed by atoms with Crippen molar-refractivity contribution in [2.24, 2.45) is 0 Å². The summed E-state index contributed by atoms with van der Waals surface area (Å²) in [4.78, 5) is 11.8. The molecule has 9 aromatic rings. The molecule has 1 aliphatic heterocycles. The molecule has 0 aliphatic carbocycles. The van der Waals surface area contributed by atoms with Crippen LogP contribution in [0.1, 0.15) is 22.3 Å². The maximum Gasteiger partial charge on any atom is 2.00 e. The van der Waals surface area contributed by atoms with Gasteiger partial charge in [-0.05, 0) is 57.6 Å². The van der Waals surface area contributed by atoms with E-state index in [1.54, 1.807) is 6.20 Å². The van der Waals surface area contributed by atoms with Crippen LogP contribution in [0.5, 0.6) is 11.5 Å². The summed E-state index contributed by atoms with van der Waals surface area (Å²) < 4.78 is 8.72. The standard InChI is InChI=1S/C47H29N3OS.Pd/c1-3-15-33(16-4-1)47(34-17-5-2-6-18-34)39-20-7-8-22-43(39)52-46-40(47)27-26-38-37-25-24-36(31-42(37)50(45(38)46)44-23-10-12-29-49-44)51-35-19-13-14-32(30-35)41-21-9-11-28-48-41;/h1-29H;/q-2;+2. The summed E-state index contributed by atoms with van der Waals surface area (Å²) >= 11 is 1.83. The normalized spacial score (nSPS) is 12.8. The SMILES string of the molecule is [Pd+2].[c-]1c(Oc2[c-]c3c(cc2)c2ccc4c(c2n3-c2ccccn2)Sc2ccccc2C4(c2ccccc2)c2ccccc2)cccc1-c1ccccn1. The molecule has 0 atom stereocenters. The maximum atomic E-state index is 6.47. The van der Waals surface area contributed by atoms with Crippen LogP contribution in [0.2, 0.25) is 0 Å². The summed E-state index contributed by atoms with van der Waals surface area (Å²) in [5, 5.41) is 2.21. The molecule has 4 nitrogen and oxygen atoms in total. The first-order valence-electron chi connectivity index (χ1n) is 17.2. The van der Waals surface area contributed by atoms with E-state index in [-0.39, 0.29) is 20.4 Å². The third-order valence-electron chi connectivity index (χ3n) is 9.90. The Bertz CT molecular complexity index is 2700. The second kappa shape index (κ2) is 13.7. The first-order valence-corrected chi connectivity index (χ1v) is 18.1. The molecule has 0 bridgehead atoms. The molecule has 0 saturated carbocycles. The fraction of sp³-hybridized carbons (Fsp3) is 0.0213. The van der Waals surface area contributed by atoms with E-state index in [0.717, 1.165) is 38.9 Å². The zero-order chi connectivity index (χ0) is 34.5. The van der Waals surface area contributed by atoms with Crippen LogP contribution in [0.3, 0.4) is 0 Å². The predicted octanol–water partition coefficient (Wildman–Crippen LogP) is 11.5. The van der Waals surface area contributed by atoms with Crippen molar-refractivity contribution in [3.63, 3.8) is 0 Å². The summed E-state index contributed by atoms with van der Waals surface area (Å²) in [6.07, 6.45) is 3.63. The molecule has 0 saturated heterocycles. The molecule has 4 heterocycles. The monoisotopic (exact) mass is 789 g/mol. The maximum absolute atomic E-state index is 6.47. The minimum Gasteiger partial charge on any atom is -0.503 e. The van der Waals surface area contributed by atoms with Crippen molar-refractivity contribution in [1.29, 1.82) is 0 Å². The summed E-state index contributed by atoms with van der Waals surface area (Å²) in [6, 6.07) is 64.3. The second-order valence-electron chi connectivity index (χ2n) is 12.8. The van der Waals surface area contributed by atoms with Crippen LogP contribution in [-0.2, 0) is 25.8 Å². The van der Waals surface area contributed by atoms with Crippen molar-refractivity contribution < 1.29 is 25.2 Å². The van der Waals surface area contributed by atoms with Gasteiger partial charge in [0, 0.05) is 33.7 Å². The van der Waals surface area contributed by atoms with E-state index in [0.29, 0.717) is 11.5 Å². The Labute approximate surface area is 325 Å². The number of ether oxygens (including phenoxy) is 1. The number of benzene rings is 6. The number of hydrogen-bond donors (Lipinski definition) is 0. The summed E-state index contributed by atoms with van der Waals surface area (Å²) in [7, 11) is 0. The molecule has 3 aromatic heterocycles. The van der Waals surface area contributed by atoms with E-state index < -0.39 is 5.41 Å². The molecule has 0 spiro atoms. The van der Waals surface area contributed by atoms with Crippen LogP contribution in [0.15, 0.2) is 186 Å². The van der Waals surface area contributed by atoms with Gasteiger partial charge in [-0.2, -0.15) is 6.07 Å². The molecule has 0 fully saturated rings. The number of pyridine rings is 2. The van der Waals surface area contributed by atoms with Gasteiger partial charge < -0.3 is 14.3 Å². The summed E-state index contributed by atoms with van der Waals surface area (Å²) in [6.45, 7) is 0. The van der Waals surface area contributed by atoms with Crippen LogP contribution < -0.4 is 4.74 Å². The molecule has 0 unspecified atom stereocenters. The Kier molecular flexibility index (Phi) is 8.53. The Morgan fingerprint density at radius 3 is 1.96 bits per heavy atom. The van der Waals surface area contributed by atoms with Gasteiger partial charge in [-0.1, -0.05) is 133 Å². The quantitative estimate of drug-likeness (QED) is 0.124. The average molecular weight is 790 g/mol. The minimum atomic E-state index is -0.550. The Morgan fingerprint density at radius 1 is 0.547 bits per heavy atom. The van der Waals surface area contributed by atoms with Gasteiger partial charge in [0.2, 0.25) is 0 Å². The van der Waals surface area contributed by atoms with Crippen LogP contribution in [0.25, 0.3) is 38.9 Å². The molecule has 1 aliphatic rings. The number of nitrogens with zero attached hydrogens (tertiary/aromatic N) is 3. The van der Waals surface area contributed by atoms with Gasteiger partial charge in [0.1, 0.15) is 5.82 Å². The summed E-state index contributed by atoms with van der Waals surface area (Å²) in [5.74, 6) is 2.01. The van der Waals surface area contributed by atoms with E-state index in [1.807, 2.05) is 72.6 Å². The molecule has 0 amide bonds. The second-order valence-corrected chi connectivity index (χ2v) is 13.8. The van der Waals surface area contributed by atoms with E-state index in [1.165, 1.54) is 32.0 Å². The van der Waals surface area contributed by atoms with E-state index in [2.05, 4.69) is 131 Å². The third kappa shape index (κ3) is 5.42. The Hall–Kier alpha value is -5.77. The van der Waals surface area contributed by atoms with Gasteiger partial charge in [0.25, 0.3) is 0 Å². The zero-order valence-corrected chi connectivity index (χ0v) is 30.6. The van der Waals surface area contributed by atoms with Crippen LogP contribution in [0, 0.1) is 12.1 Å².